The Morgan fingerprint density at radius 1 is 1.06 bits per heavy atom. The fourth-order valence-corrected chi connectivity index (χ4v) is 4.41. The zero-order valence-electron chi connectivity index (χ0n) is 17.4. The highest BCUT2D eigenvalue weighted by Gasteiger charge is 2.31. The van der Waals surface area contributed by atoms with Crippen LogP contribution < -0.4 is 21.4 Å². The van der Waals surface area contributed by atoms with Gasteiger partial charge in [0, 0.05) is 10.9 Å². The molecule has 2 N–H and O–H groups in total. The first-order valence-electron chi connectivity index (χ1n) is 10.1. The monoisotopic (exact) mass is 458 g/mol. The zero-order valence-corrected chi connectivity index (χ0v) is 18.2. The lowest BCUT2D eigenvalue weighted by Crippen LogP contribution is -2.58. The normalized spacial score (nSPS) is 15.8. The smallest absolute Gasteiger partial charge is 0.270 e. The maximum Gasteiger partial charge on any atom is 0.307 e. The Labute approximate surface area is 192 Å². The number of hydrogen-bond acceptors (Lipinski definition) is 7. The van der Waals surface area contributed by atoms with Crippen LogP contribution in [-0.2, 0) is 9.59 Å². The van der Waals surface area contributed by atoms with Crippen LogP contribution in [0.5, 0.6) is 0 Å². The van der Waals surface area contributed by atoms with Crippen LogP contribution in [0.3, 0.4) is 0 Å². The average molecular weight is 459 g/mol. The van der Waals surface area contributed by atoms with E-state index < -0.39 is 17.5 Å². The van der Waals surface area contributed by atoms with E-state index in [0.717, 1.165) is 15.8 Å². The molecule has 10 heteroatoms. The lowest BCUT2D eigenvalue weighted by Gasteiger charge is -2.30. The van der Waals surface area contributed by atoms with Crippen LogP contribution in [-0.4, -0.2) is 33.4 Å². The summed E-state index contributed by atoms with van der Waals surface area (Å²) < 4.78 is 1.03. The Morgan fingerprint density at radius 2 is 1.76 bits per heavy atom. The van der Waals surface area contributed by atoms with E-state index in [1.807, 2.05) is 41.8 Å². The van der Waals surface area contributed by atoms with E-state index >= 15 is 0 Å². The number of amides is 2. The number of thiophene rings is 1. The molecular weight excluding hydrogens is 440 g/mol. The summed E-state index contributed by atoms with van der Waals surface area (Å²) >= 11 is 1.36. The number of carbonyl (C=O) groups is 2. The first-order chi connectivity index (χ1) is 16.0. The number of anilines is 1. The molecule has 2 aromatic carbocycles. The predicted molar refractivity (Wildman–Crippen MR) is 128 cm³/mol. The van der Waals surface area contributed by atoms with Gasteiger partial charge in [0.25, 0.3) is 11.5 Å². The van der Waals surface area contributed by atoms with Crippen LogP contribution in [0, 0.1) is 0 Å². The van der Waals surface area contributed by atoms with Gasteiger partial charge in [-0.1, -0.05) is 48.5 Å². The van der Waals surface area contributed by atoms with Gasteiger partial charge in [0.2, 0.25) is 5.84 Å². The standard InChI is InChI=1S/C23H18N6O3S/c1-14-22(31)29(16-10-6-3-7-11-16)26-19(25-14)20(30)27-28-13-24-21-18(23(28)32)17(12-33-21)15-8-4-2-5-9-15/h2-14H,1H3,(H,25,26)(H,27,30)/t14-/m1/s1. The molecule has 1 aliphatic rings. The van der Waals surface area contributed by atoms with Gasteiger partial charge in [0.15, 0.2) is 0 Å². The minimum absolute atomic E-state index is 0.0912. The number of nitrogens with one attached hydrogen (secondary N) is 2. The molecule has 33 heavy (non-hydrogen) atoms. The largest absolute Gasteiger partial charge is 0.307 e. The molecule has 164 valence electrons. The lowest BCUT2D eigenvalue weighted by atomic mass is 10.1. The highest BCUT2D eigenvalue weighted by Crippen LogP contribution is 2.30. The number of rotatable bonds is 4. The molecule has 9 nitrogen and oxygen atoms in total. The first-order valence-corrected chi connectivity index (χ1v) is 11.0. The van der Waals surface area contributed by atoms with Crippen molar-refractivity contribution in [1.29, 1.82) is 0 Å². The van der Waals surface area contributed by atoms with E-state index in [-0.39, 0.29) is 11.7 Å². The molecule has 4 aromatic rings. The minimum atomic E-state index is -0.772. The first kappa shape index (κ1) is 20.6. The molecule has 1 atom stereocenters. The molecule has 0 fully saturated rings. The molecule has 3 heterocycles. The molecule has 1 aliphatic heterocycles. The Bertz CT molecular complexity index is 1450. The molecular formula is C23H18N6O3S. The molecule has 2 amide bonds. The second kappa shape index (κ2) is 8.32. The number of hydrogen-bond donors (Lipinski definition) is 2. The maximum atomic E-state index is 13.2. The lowest BCUT2D eigenvalue weighted by molar-refractivity contribution is -0.120. The second-order valence-electron chi connectivity index (χ2n) is 7.33. The highest BCUT2D eigenvalue weighted by molar-refractivity contribution is 7.17. The van der Waals surface area contributed by atoms with E-state index in [2.05, 4.69) is 20.8 Å². The number of aliphatic imine (C=N–C) groups is 1. The summed E-state index contributed by atoms with van der Waals surface area (Å²) in [6.45, 7) is 1.60. The third-order valence-electron chi connectivity index (χ3n) is 5.15. The van der Waals surface area contributed by atoms with Crippen molar-refractivity contribution in [2.45, 2.75) is 13.0 Å². The Balaban J connectivity index is 1.46. The van der Waals surface area contributed by atoms with E-state index in [1.165, 1.54) is 22.7 Å². The number of para-hydroxylation sites is 1. The molecule has 0 unspecified atom stereocenters. The summed E-state index contributed by atoms with van der Waals surface area (Å²) in [5.41, 5.74) is 7.07. The highest BCUT2D eigenvalue weighted by atomic mass is 32.1. The van der Waals surface area contributed by atoms with Crippen molar-refractivity contribution in [1.82, 2.24) is 15.1 Å². The molecule has 0 spiro atoms. The quantitative estimate of drug-likeness (QED) is 0.489. The van der Waals surface area contributed by atoms with Crippen molar-refractivity contribution in [3.63, 3.8) is 0 Å². The molecule has 0 saturated heterocycles. The van der Waals surface area contributed by atoms with Crippen LogP contribution in [0.15, 0.2) is 82.2 Å². The molecule has 0 bridgehead atoms. The molecule has 5 rings (SSSR count). The van der Waals surface area contributed by atoms with E-state index in [4.69, 9.17) is 0 Å². The Hall–Kier alpha value is -4.31. The average Bonchev–Trinajstić information content (AvgIpc) is 3.28. The van der Waals surface area contributed by atoms with Gasteiger partial charge in [0.1, 0.15) is 17.2 Å². The summed E-state index contributed by atoms with van der Waals surface area (Å²) in [6.07, 6.45) is 1.26. The minimum Gasteiger partial charge on any atom is -0.270 e. The number of benzene rings is 2. The Morgan fingerprint density at radius 3 is 2.48 bits per heavy atom. The van der Waals surface area contributed by atoms with Gasteiger partial charge in [-0.15, -0.1) is 11.3 Å². The van der Waals surface area contributed by atoms with Gasteiger partial charge < -0.3 is 0 Å². The molecule has 0 aliphatic carbocycles. The van der Waals surface area contributed by atoms with Crippen molar-refractivity contribution in [2.75, 3.05) is 10.4 Å². The summed E-state index contributed by atoms with van der Waals surface area (Å²) in [4.78, 5) is 47.7. The molecule has 2 aromatic heterocycles. The third kappa shape index (κ3) is 3.76. The topological polar surface area (TPSA) is 109 Å². The number of hydrazine groups is 1. The van der Waals surface area contributed by atoms with Crippen LogP contribution in [0.2, 0.25) is 0 Å². The van der Waals surface area contributed by atoms with Gasteiger partial charge in [-0.2, -0.15) is 0 Å². The van der Waals surface area contributed by atoms with Crippen molar-refractivity contribution in [3.8, 4) is 11.1 Å². The van der Waals surface area contributed by atoms with Gasteiger partial charge in [-0.25, -0.2) is 19.7 Å². The predicted octanol–water partition coefficient (Wildman–Crippen LogP) is 2.53. The van der Waals surface area contributed by atoms with Crippen LogP contribution >= 0.6 is 11.3 Å². The summed E-state index contributed by atoms with van der Waals surface area (Å²) in [6, 6.07) is 17.6. The van der Waals surface area contributed by atoms with Crippen molar-refractivity contribution in [3.05, 3.63) is 82.7 Å². The summed E-state index contributed by atoms with van der Waals surface area (Å²) in [5.74, 6) is -1.06. The van der Waals surface area contributed by atoms with Gasteiger partial charge in [-0.05, 0) is 24.6 Å². The van der Waals surface area contributed by atoms with Gasteiger partial charge >= 0.3 is 5.91 Å². The summed E-state index contributed by atoms with van der Waals surface area (Å²) in [7, 11) is 0. The number of aromatic nitrogens is 2. The number of nitrogens with zero attached hydrogens (tertiary/aromatic N) is 4. The van der Waals surface area contributed by atoms with Crippen LogP contribution in [0.25, 0.3) is 21.3 Å². The zero-order chi connectivity index (χ0) is 22.9. The van der Waals surface area contributed by atoms with E-state index in [0.29, 0.717) is 15.9 Å². The third-order valence-corrected chi connectivity index (χ3v) is 6.04. The number of fused-ring (bicyclic) bond motifs is 1. The fourth-order valence-electron chi connectivity index (χ4n) is 3.51. The number of carbonyl (C=O) groups excluding carboxylic acids is 2. The molecule has 0 saturated carbocycles. The van der Waals surface area contributed by atoms with Crippen molar-refractivity contribution < 1.29 is 9.59 Å². The maximum absolute atomic E-state index is 13.2. The Kier molecular flexibility index (Phi) is 5.19. The van der Waals surface area contributed by atoms with E-state index in [9.17, 15) is 14.4 Å². The SMILES string of the molecule is C[C@H]1N=C(C(=O)Nn2cnc3scc(-c4ccccc4)c3c2=O)NN(c2ccccc2)C1=O. The summed E-state index contributed by atoms with van der Waals surface area (Å²) in [5, 5.41) is 3.56. The van der Waals surface area contributed by atoms with Crippen LogP contribution in [0.1, 0.15) is 6.92 Å². The second-order valence-corrected chi connectivity index (χ2v) is 8.19. The van der Waals surface area contributed by atoms with Crippen LogP contribution in [0.4, 0.5) is 5.69 Å². The molecule has 0 radical (unpaired) electrons. The van der Waals surface area contributed by atoms with Crippen molar-refractivity contribution in [2.24, 2.45) is 4.99 Å². The van der Waals surface area contributed by atoms with Gasteiger partial charge in [-0.3, -0.25) is 25.2 Å². The van der Waals surface area contributed by atoms with Gasteiger partial charge in [0.05, 0.1) is 11.1 Å². The number of amidine groups is 1. The van der Waals surface area contributed by atoms with Crippen molar-refractivity contribution >= 4 is 44.9 Å². The van der Waals surface area contributed by atoms with E-state index in [1.54, 1.807) is 31.2 Å². The fraction of sp³-hybridized carbons (Fsp3) is 0.0870.